The zero-order valence-electron chi connectivity index (χ0n) is 11.4. The van der Waals surface area contributed by atoms with Gasteiger partial charge in [0, 0.05) is 17.4 Å². The third kappa shape index (κ3) is 2.91. The minimum Gasteiger partial charge on any atom is -0.461 e. The van der Waals surface area contributed by atoms with Gasteiger partial charge in [0.05, 0.1) is 12.3 Å². The van der Waals surface area contributed by atoms with E-state index in [1.807, 2.05) is 31.2 Å². The summed E-state index contributed by atoms with van der Waals surface area (Å²) in [5.74, 6) is -0.398. The maximum Gasteiger partial charge on any atom is 0.356 e. The Bertz CT molecular complexity index is 636. The van der Waals surface area contributed by atoms with Crippen molar-refractivity contribution in [3.05, 3.63) is 30.0 Å². The van der Waals surface area contributed by atoms with Crippen LogP contribution in [0.2, 0.25) is 0 Å². The molecule has 1 aromatic carbocycles. The molecule has 0 aliphatic heterocycles. The molecule has 1 aromatic heterocycles. The molecule has 0 bridgehead atoms. The first-order chi connectivity index (χ1) is 9.67. The van der Waals surface area contributed by atoms with E-state index in [1.165, 1.54) is 0 Å². The lowest BCUT2D eigenvalue weighted by Crippen LogP contribution is -2.28. The predicted molar refractivity (Wildman–Crippen MR) is 84.2 cm³/mol. The van der Waals surface area contributed by atoms with Crippen molar-refractivity contribution >= 4 is 39.9 Å². The standard InChI is InChI=1S/C14H17N3O2S/c1-3-15-14(20)17-11-9-7-5-6-8-10(9)16-12(11)13(18)19-4-2/h5-8,16H,3-4H2,1-2H3,(H2,15,17,20). The van der Waals surface area contributed by atoms with Crippen LogP contribution in [0, 0.1) is 0 Å². The summed E-state index contributed by atoms with van der Waals surface area (Å²) in [7, 11) is 0. The number of carbonyl (C=O) groups is 1. The van der Waals surface area contributed by atoms with Gasteiger partial charge in [0.2, 0.25) is 0 Å². The third-order valence-corrected chi connectivity index (χ3v) is 3.01. The largest absolute Gasteiger partial charge is 0.461 e. The molecule has 0 aliphatic carbocycles. The number of benzene rings is 1. The van der Waals surface area contributed by atoms with E-state index in [0.717, 1.165) is 10.9 Å². The smallest absolute Gasteiger partial charge is 0.356 e. The van der Waals surface area contributed by atoms with E-state index >= 15 is 0 Å². The first kappa shape index (κ1) is 14.3. The normalized spacial score (nSPS) is 10.3. The molecule has 20 heavy (non-hydrogen) atoms. The molecule has 0 spiro atoms. The Balaban J connectivity index is 2.44. The Kier molecular flexibility index (Phi) is 4.57. The molecule has 5 nitrogen and oxygen atoms in total. The average Bonchev–Trinajstić information content (AvgIpc) is 2.78. The molecule has 0 aliphatic rings. The van der Waals surface area contributed by atoms with Crippen LogP contribution in [0.4, 0.5) is 5.69 Å². The summed E-state index contributed by atoms with van der Waals surface area (Å²) >= 11 is 5.19. The number of carbonyl (C=O) groups excluding carboxylic acids is 1. The average molecular weight is 291 g/mol. The molecule has 2 rings (SSSR count). The van der Waals surface area contributed by atoms with Crippen molar-refractivity contribution < 1.29 is 9.53 Å². The summed E-state index contributed by atoms with van der Waals surface area (Å²) in [6.45, 7) is 4.76. The number of thiocarbonyl (C=S) groups is 1. The fourth-order valence-corrected chi connectivity index (χ4v) is 2.19. The highest BCUT2D eigenvalue weighted by molar-refractivity contribution is 7.80. The lowest BCUT2D eigenvalue weighted by atomic mass is 10.2. The summed E-state index contributed by atoms with van der Waals surface area (Å²) in [6.07, 6.45) is 0. The predicted octanol–water partition coefficient (Wildman–Crippen LogP) is 2.65. The number of nitrogens with one attached hydrogen (secondary N) is 3. The molecule has 0 saturated heterocycles. The lowest BCUT2D eigenvalue weighted by molar-refractivity contribution is 0.0522. The van der Waals surface area contributed by atoms with Crippen molar-refractivity contribution in [3.8, 4) is 0 Å². The highest BCUT2D eigenvalue weighted by Crippen LogP contribution is 2.28. The van der Waals surface area contributed by atoms with Crippen molar-refractivity contribution in [2.24, 2.45) is 0 Å². The summed E-state index contributed by atoms with van der Waals surface area (Å²) in [5.41, 5.74) is 1.88. The second-order valence-corrected chi connectivity index (χ2v) is 4.53. The van der Waals surface area contributed by atoms with Crippen molar-refractivity contribution in [3.63, 3.8) is 0 Å². The molecule has 0 fully saturated rings. The third-order valence-electron chi connectivity index (χ3n) is 2.76. The number of H-pyrrole nitrogens is 1. The van der Waals surface area contributed by atoms with Gasteiger partial charge in [-0.25, -0.2) is 4.79 Å². The van der Waals surface area contributed by atoms with Gasteiger partial charge in [-0.3, -0.25) is 0 Å². The summed E-state index contributed by atoms with van der Waals surface area (Å²) < 4.78 is 5.07. The van der Waals surface area contributed by atoms with Gasteiger partial charge in [0.25, 0.3) is 0 Å². The van der Waals surface area contributed by atoms with Crippen molar-refractivity contribution in [2.45, 2.75) is 13.8 Å². The molecule has 6 heteroatoms. The van der Waals surface area contributed by atoms with Gasteiger partial charge in [-0.2, -0.15) is 0 Å². The summed E-state index contributed by atoms with van der Waals surface area (Å²) in [6, 6.07) is 7.64. The van der Waals surface area contributed by atoms with Crippen LogP contribution in [-0.2, 0) is 4.74 Å². The second-order valence-electron chi connectivity index (χ2n) is 4.13. The Hall–Kier alpha value is -2.08. The van der Waals surface area contributed by atoms with Gasteiger partial charge in [0.15, 0.2) is 5.11 Å². The van der Waals surface area contributed by atoms with Crippen LogP contribution < -0.4 is 10.6 Å². The molecular formula is C14H17N3O2S. The van der Waals surface area contributed by atoms with Crippen LogP contribution in [0.15, 0.2) is 24.3 Å². The minimum atomic E-state index is -0.398. The van der Waals surface area contributed by atoms with Gasteiger partial charge in [-0.15, -0.1) is 0 Å². The number of hydrogen-bond donors (Lipinski definition) is 3. The molecule has 3 N–H and O–H groups in total. The van der Waals surface area contributed by atoms with Crippen LogP contribution in [0.5, 0.6) is 0 Å². The van der Waals surface area contributed by atoms with E-state index in [9.17, 15) is 4.79 Å². The zero-order chi connectivity index (χ0) is 14.5. The van der Waals surface area contributed by atoms with E-state index in [2.05, 4.69) is 15.6 Å². The summed E-state index contributed by atoms with van der Waals surface area (Å²) in [4.78, 5) is 15.1. The van der Waals surface area contributed by atoms with Gasteiger partial charge in [0.1, 0.15) is 5.69 Å². The van der Waals surface area contributed by atoms with E-state index < -0.39 is 5.97 Å². The first-order valence-electron chi connectivity index (χ1n) is 6.50. The zero-order valence-corrected chi connectivity index (χ0v) is 12.3. The van der Waals surface area contributed by atoms with Crippen molar-refractivity contribution in [1.82, 2.24) is 10.3 Å². The maximum absolute atomic E-state index is 12.0. The monoisotopic (exact) mass is 291 g/mol. The fraction of sp³-hybridized carbons (Fsp3) is 0.286. The number of ether oxygens (including phenoxy) is 1. The van der Waals surface area contributed by atoms with Crippen LogP contribution in [0.3, 0.4) is 0 Å². The van der Waals surface area contributed by atoms with Crippen LogP contribution in [0.25, 0.3) is 10.9 Å². The highest BCUT2D eigenvalue weighted by atomic mass is 32.1. The molecule has 106 valence electrons. The second kappa shape index (κ2) is 6.38. The van der Waals surface area contributed by atoms with E-state index in [0.29, 0.717) is 29.6 Å². The van der Waals surface area contributed by atoms with Gasteiger partial charge in [-0.05, 0) is 32.1 Å². The molecule has 0 unspecified atom stereocenters. The Labute approximate surface area is 122 Å². The molecule has 2 aromatic rings. The number of fused-ring (bicyclic) bond motifs is 1. The molecule has 0 saturated carbocycles. The van der Waals surface area contributed by atoms with Gasteiger partial charge >= 0.3 is 5.97 Å². The van der Waals surface area contributed by atoms with Gasteiger partial charge in [-0.1, -0.05) is 18.2 Å². The molecule has 0 radical (unpaired) electrons. The highest BCUT2D eigenvalue weighted by Gasteiger charge is 2.19. The minimum absolute atomic E-state index is 0.325. The maximum atomic E-state index is 12.0. The number of aromatic nitrogens is 1. The molecule has 1 heterocycles. The first-order valence-corrected chi connectivity index (χ1v) is 6.90. The SMILES string of the molecule is CCNC(=S)Nc1c(C(=O)OCC)[nH]c2ccccc12. The summed E-state index contributed by atoms with van der Waals surface area (Å²) in [5, 5.41) is 7.44. The van der Waals surface area contributed by atoms with Crippen molar-refractivity contribution in [1.29, 1.82) is 0 Å². The quantitative estimate of drug-likeness (QED) is 0.597. The Morgan fingerprint density at radius 1 is 1.35 bits per heavy atom. The Morgan fingerprint density at radius 3 is 2.80 bits per heavy atom. The number of aromatic amines is 1. The molecule has 0 atom stereocenters. The van der Waals surface area contributed by atoms with Crippen LogP contribution in [0.1, 0.15) is 24.3 Å². The van der Waals surface area contributed by atoms with E-state index in [-0.39, 0.29) is 0 Å². The van der Waals surface area contributed by atoms with E-state index in [4.69, 9.17) is 17.0 Å². The number of para-hydroxylation sites is 1. The van der Waals surface area contributed by atoms with Crippen LogP contribution in [-0.4, -0.2) is 29.2 Å². The fourth-order valence-electron chi connectivity index (χ4n) is 1.95. The van der Waals surface area contributed by atoms with Crippen LogP contribution >= 0.6 is 12.2 Å². The van der Waals surface area contributed by atoms with E-state index in [1.54, 1.807) is 6.92 Å². The molecular weight excluding hydrogens is 274 g/mol. The lowest BCUT2D eigenvalue weighted by Gasteiger charge is -2.09. The molecule has 0 amide bonds. The Morgan fingerprint density at radius 2 is 2.10 bits per heavy atom. The number of rotatable bonds is 4. The topological polar surface area (TPSA) is 66.2 Å². The number of esters is 1. The number of hydrogen-bond acceptors (Lipinski definition) is 3. The number of anilines is 1. The van der Waals surface area contributed by atoms with Crippen molar-refractivity contribution in [2.75, 3.05) is 18.5 Å². The van der Waals surface area contributed by atoms with Gasteiger partial charge < -0.3 is 20.4 Å².